The summed E-state index contributed by atoms with van der Waals surface area (Å²) in [6.45, 7) is 5.54. The highest BCUT2D eigenvalue weighted by Gasteiger charge is 2.47. The van der Waals surface area contributed by atoms with Crippen molar-refractivity contribution in [2.75, 3.05) is 11.4 Å². The van der Waals surface area contributed by atoms with Crippen molar-refractivity contribution in [1.29, 1.82) is 0 Å². The molecule has 1 aliphatic heterocycles. The number of hydrogen-bond acceptors (Lipinski definition) is 3. The van der Waals surface area contributed by atoms with Crippen molar-refractivity contribution in [3.8, 4) is 0 Å². The van der Waals surface area contributed by atoms with E-state index >= 15 is 0 Å². The number of anilines is 1. The number of rotatable bonds is 1. The topological polar surface area (TPSA) is 41.6 Å². The van der Waals surface area contributed by atoms with Crippen LogP contribution in [0.4, 0.5) is 5.69 Å². The molecule has 20 heavy (non-hydrogen) atoms. The summed E-state index contributed by atoms with van der Waals surface area (Å²) in [6.07, 6.45) is 3.67. The van der Waals surface area contributed by atoms with Crippen molar-refractivity contribution in [3.63, 3.8) is 0 Å². The zero-order valence-electron chi connectivity index (χ0n) is 12.1. The molecule has 4 heteroatoms. The minimum atomic E-state index is 0.0923. The summed E-state index contributed by atoms with van der Waals surface area (Å²) < 4.78 is 1.09. The van der Waals surface area contributed by atoms with Crippen molar-refractivity contribution in [2.45, 2.75) is 38.6 Å². The quantitative estimate of drug-likeness (QED) is 0.848. The lowest BCUT2D eigenvalue weighted by atomic mass is 9.71. The average Bonchev–Trinajstić information content (AvgIpc) is 2.66. The molecule has 1 saturated carbocycles. The van der Waals surface area contributed by atoms with Crippen LogP contribution in [0.5, 0.6) is 0 Å². The van der Waals surface area contributed by atoms with E-state index in [1.807, 2.05) is 0 Å². The van der Waals surface area contributed by atoms with Crippen LogP contribution in [-0.4, -0.2) is 18.0 Å². The molecule has 0 bridgehead atoms. The zero-order valence-corrected chi connectivity index (χ0v) is 13.7. The molecule has 1 spiro atoms. The van der Waals surface area contributed by atoms with E-state index in [0.717, 1.165) is 28.5 Å². The first-order valence-corrected chi connectivity index (χ1v) is 8.15. The molecule has 1 aliphatic carbocycles. The van der Waals surface area contributed by atoms with Crippen molar-refractivity contribution in [1.82, 2.24) is 0 Å². The SMILES string of the molecule is CC1CC(C)CC2(CN=C(N)N2c2ccc(Br)cc2)C1. The zero-order chi connectivity index (χ0) is 14.3. The van der Waals surface area contributed by atoms with Gasteiger partial charge < -0.3 is 10.6 Å². The first-order valence-electron chi connectivity index (χ1n) is 7.36. The van der Waals surface area contributed by atoms with Gasteiger partial charge in [-0.1, -0.05) is 29.8 Å². The number of nitrogens with zero attached hydrogens (tertiary/aromatic N) is 2. The van der Waals surface area contributed by atoms with Gasteiger partial charge in [-0.2, -0.15) is 0 Å². The van der Waals surface area contributed by atoms with Gasteiger partial charge in [0.15, 0.2) is 5.96 Å². The van der Waals surface area contributed by atoms with Crippen molar-refractivity contribution in [2.24, 2.45) is 22.6 Å². The van der Waals surface area contributed by atoms with Gasteiger partial charge in [-0.15, -0.1) is 0 Å². The van der Waals surface area contributed by atoms with E-state index in [2.05, 4.69) is 63.9 Å². The third-order valence-corrected chi connectivity index (χ3v) is 5.11. The molecule has 1 aromatic rings. The van der Waals surface area contributed by atoms with Crippen LogP contribution in [0.2, 0.25) is 0 Å². The molecule has 2 aliphatic rings. The van der Waals surface area contributed by atoms with Crippen molar-refractivity contribution >= 4 is 27.6 Å². The van der Waals surface area contributed by atoms with Gasteiger partial charge in [0.25, 0.3) is 0 Å². The first kappa shape index (κ1) is 13.9. The van der Waals surface area contributed by atoms with Gasteiger partial charge in [0.1, 0.15) is 0 Å². The molecule has 0 saturated heterocycles. The molecule has 0 aromatic heterocycles. The Hall–Kier alpha value is -1.03. The Kier molecular flexibility index (Phi) is 3.53. The van der Waals surface area contributed by atoms with E-state index in [1.54, 1.807) is 0 Å². The fourth-order valence-electron chi connectivity index (χ4n) is 4.15. The molecular weight excluding hydrogens is 314 g/mol. The molecule has 0 amide bonds. The van der Waals surface area contributed by atoms with Gasteiger partial charge in [0.05, 0.1) is 12.1 Å². The van der Waals surface area contributed by atoms with Crippen LogP contribution in [0, 0.1) is 11.8 Å². The van der Waals surface area contributed by atoms with Gasteiger partial charge in [-0.25, -0.2) is 0 Å². The third-order valence-electron chi connectivity index (χ3n) is 4.59. The molecule has 108 valence electrons. The second kappa shape index (κ2) is 5.06. The van der Waals surface area contributed by atoms with Crippen molar-refractivity contribution in [3.05, 3.63) is 28.7 Å². The summed E-state index contributed by atoms with van der Waals surface area (Å²) in [5.41, 5.74) is 7.46. The van der Waals surface area contributed by atoms with E-state index < -0.39 is 0 Å². The Labute approximate surface area is 129 Å². The van der Waals surface area contributed by atoms with Crippen LogP contribution in [0.15, 0.2) is 33.7 Å². The molecule has 3 rings (SSSR count). The monoisotopic (exact) mass is 335 g/mol. The maximum Gasteiger partial charge on any atom is 0.196 e. The number of aliphatic imine (C=N–C) groups is 1. The lowest BCUT2D eigenvalue weighted by Crippen LogP contribution is -2.55. The molecule has 3 nitrogen and oxygen atoms in total. The summed E-state index contributed by atoms with van der Waals surface area (Å²) in [5, 5.41) is 0. The standard InChI is InChI=1S/C16H22BrN3/c1-11-7-12(2)9-16(8-11)10-19-15(18)20(16)14-5-3-13(17)4-6-14/h3-6,11-12H,7-10H2,1-2H3,(H2,18,19). The highest BCUT2D eigenvalue weighted by molar-refractivity contribution is 9.10. The molecule has 2 atom stereocenters. The maximum absolute atomic E-state index is 6.21. The highest BCUT2D eigenvalue weighted by Crippen LogP contribution is 2.44. The minimum Gasteiger partial charge on any atom is -0.369 e. The predicted molar refractivity (Wildman–Crippen MR) is 88.0 cm³/mol. The Bertz CT molecular complexity index is 513. The first-order chi connectivity index (χ1) is 9.50. The summed E-state index contributed by atoms with van der Waals surface area (Å²) >= 11 is 3.50. The van der Waals surface area contributed by atoms with Gasteiger partial charge in [-0.05, 0) is 55.4 Å². The summed E-state index contributed by atoms with van der Waals surface area (Å²) in [5.74, 6) is 2.14. The fraction of sp³-hybridized carbons (Fsp3) is 0.562. The number of hydrogen-bond donors (Lipinski definition) is 1. The van der Waals surface area contributed by atoms with Crippen LogP contribution in [0.1, 0.15) is 33.1 Å². The summed E-state index contributed by atoms with van der Waals surface area (Å²) in [4.78, 5) is 6.85. The smallest absolute Gasteiger partial charge is 0.196 e. The van der Waals surface area contributed by atoms with E-state index in [4.69, 9.17) is 5.73 Å². The lowest BCUT2D eigenvalue weighted by Gasteiger charge is -2.46. The molecule has 1 aromatic carbocycles. The summed E-state index contributed by atoms with van der Waals surface area (Å²) in [6, 6.07) is 8.40. The molecule has 1 fully saturated rings. The number of benzene rings is 1. The Morgan fingerprint density at radius 1 is 1.20 bits per heavy atom. The summed E-state index contributed by atoms with van der Waals surface area (Å²) in [7, 11) is 0. The lowest BCUT2D eigenvalue weighted by molar-refractivity contribution is 0.197. The molecule has 2 N–H and O–H groups in total. The van der Waals surface area contributed by atoms with Crippen LogP contribution in [-0.2, 0) is 0 Å². The molecule has 1 heterocycles. The van der Waals surface area contributed by atoms with Gasteiger partial charge in [0, 0.05) is 10.2 Å². The van der Waals surface area contributed by atoms with Crippen LogP contribution in [0.3, 0.4) is 0 Å². The fourth-order valence-corrected chi connectivity index (χ4v) is 4.42. The second-order valence-corrected chi connectivity index (χ2v) is 7.48. The maximum atomic E-state index is 6.21. The van der Waals surface area contributed by atoms with Crippen molar-refractivity contribution < 1.29 is 0 Å². The molecule has 2 unspecified atom stereocenters. The van der Waals surface area contributed by atoms with Crippen LogP contribution in [0.25, 0.3) is 0 Å². The molecule has 0 radical (unpaired) electrons. The predicted octanol–water partition coefficient (Wildman–Crippen LogP) is 3.78. The van der Waals surface area contributed by atoms with Gasteiger partial charge >= 0.3 is 0 Å². The normalized spacial score (nSPS) is 33.5. The second-order valence-electron chi connectivity index (χ2n) is 6.56. The Morgan fingerprint density at radius 2 is 1.80 bits per heavy atom. The van der Waals surface area contributed by atoms with Crippen LogP contribution < -0.4 is 10.6 Å². The average molecular weight is 336 g/mol. The van der Waals surface area contributed by atoms with Gasteiger partial charge in [-0.3, -0.25) is 4.99 Å². The largest absolute Gasteiger partial charge is 0.369 e. The van der Waals surface area contributed by atoms with Crippen LogP contribution >= 0.6 is 15.9 Å². The van der Waals surface area contributed by atoms with E-state index in [0.29, 0.717) is 5.96 Å². The third kappa shape index (κ3) is 2.34. The Balaban J connectivity index is 1.97. The van der Waals surface area contributed by atoms with Gasteiger partial charge in [0.2, 0.25) is 0 Å². The van der Waals surface area contributed by atoms with E-state index in [9.17, 15) is 0 Å². The van der Waals surface area contributed by atoms with E-state index in [1.165, 1.54) is 19.3 Å². The van der Waals surface area contributed by atoms with E-state index in [-0.39, 0.29) is 5.54 Å². The number of guanidine groups is 1. The highest BCUT2D eigenvalue weighted by atomic mass is 79.9. The number of nitrogens with two attached hydrogens (primary N) is 1. The number of halogens is 1. The molecular formula is C16H22BrN3. The Morgan fingerprint density at radius 3 is 2.40 bits per heavy atom. The minimum absolute atomic E-state index is 0.0923.